The van der Waals surface area contributed by atoms with E-state index in [4.69, 9.17) is 0 Å². The van der Waals surface area contributed by atoms with Gasteiger partial charge in [0.25, 0.3) is 11.8 Å². The lowest BCUT2D eigenvalue weighted by atomic mass is 10.2. The molecule has 1 aromatic rings. The van der Waals surface area contributed by atoms with Gasteiger partial charge >= 0.3 is 0 Å². The first-order chi connectivity index (χ1) is 11.5. The van der Waals surface area contributed by atoms with Crippen LogP contribution < -0.4 is 15.1 Å². The number of hydrogen-bond donors (Lipinski definition) is 2. The molecule has 0 aromatic heterocycles. The normalized spacial score (nSPS) is 18.5. The maximum absolute atomic E-state index is 12.9. The lowest BCUT2D eigenvalue weighted by Gasteiger charge is -2.25. The fourth-order valence-electron chi connectivity index (χ4n) is 2.85. The van der Waals surface area contributed by atoms with Crippen molar-refractivity contribution in [2.75, 3.05) is 37.6 Å². The molecule has 0 aliphatic carbocycles. The first kappa shape index (κ1) is 18.8. The molecule has 2 amide bonds. The van der Waals surface area contributed by atoms with Gasteiger partial charge in [-0.1, -0.05) is 19.1 Å². The van der Waals surface area contributed by atoms with Crippen molar-refractivity contribution in [1.29, 1.82) is 0 Å². The average molecular weight is 351 g/mol. The number of nitrogens with one attached hydrogen (secondary N) is 2. The van der Waals surface area contributed by atoms with E-state index in [1.54, 1.807) is 0 Å². The van der Waals surface area contributed by atoms with Crippen LogP contribution in [0.4, 0.5) is 5.69 Å². The minimum absolute atomic E-state index is 0.00240. The van der Waals surface area contributed by atoms with Gasteiger partial charge in [-0.05, 0) is 32.4 Å². The number of nitrogens with zero attached hydrogens (tertiary/aromatic N) is 1. The summed E-state index contributed by atoms with van der Waals surface area (Å²) in [5.41, 5.74) is 1.00. The van der Waals surface area contributed by atoms with Crippen LogP contribution in [0.5, 0.6) is 0 Å². The van der Waals surface area contributed by atoms with Crippen LogP contribution in [0.15, 0.2) is 29.2 Å². The summed E-state index contributed by atoms with van der Waals surface area (Å²) in [6, 6.07) is 8.11. The molecule has 1 aliphatic rings. The summed E-state index contributed by atoms with van der Waals surface area (Å²) in [6.45, 7) is 8.92. The second-order valence-corrected chi connectivity index (χ2v) is 7.62. The molecule has 132 valence electrons. The monoisotopic (exact) mass is 350 g/mol. The summed E-state index contributed by atoms with van der Waals surface area (Å²) in [6.07, 6.45) is 0.975. The summed E-state index contributed by atoms with van der Waals surface area (Å²) < 4.78 is 0. The molecule has 0 saturated heterocycles. The number of anilines is 1. The predicted octanol–water partition coefficient (Wildman–Crippen LogP) is 0.945. The standard InChI is InChI=1S/C18H27N3O2S/c1-4-19-17(22)12-20(5-2)13-18(23)21-11-10-14(3)24-16-9-7-6-8-15(16)21/h6-9,14H,4-5,10-13H2,1-3H3,(H,19,22)/p+1/t14-/m1/s1. The molecule has 24 heavy (non-hydrogen) atoms. The van der Waals surface area contributed by atoms with Crippen molar-refractivity contribution in [3.63, 3.8) is 0 Å². The van der Waals surface area contributed by atoms with Gasteiger partial charge < -0.3 is 15.1 Å². The first-order valence-corrected chi connectivity index (χ1v) is 9.59. The number of carbonyl (C=O) groups excluding carboxylic acids is 2. The van der Waals surface area contributed by atoms with Crippen LogP contribution in [0.1, 0.15) is 27.2 Å². The number of likely N-dealkylation sites (N-methyl/N-ethyl adjacent to an activating group) is 2. The molecule has 2 atom stereocenters. The van der Waals surface area contributed by atoms with E-state index in [9.17, 15) is 9.59 Å². The van der Waals surface area contributed by atoms with Crippen LogP contribution in [0, 0.1) is 0 Å². The molecule has 2 N–H and O–H groups in total. The molecule has 2 rings (SSSR count). The molecule has 0 fully saturated rings. The van der Waals surface area contributed by atoms with E-state index in [0.717, 1.165) is 35.0 Å². The van der Waals surface area contributed by atoms with E-state index < -0.39 is 0 Å². The number of amides is 2. The van der Waals surface area contributed by atoms with E-state index in [2.05, 4.69) is 18.3 Å². The number of carbonyl (C=O) groups is 2. The van der Waals surface area contributed by atoms with Gasteiger partial charge in [0.05, 0.1) is 12.2 Å². The number of rotatable bonds is 6. The van der Waals surface area contributed by atoms with Crippen molar-refractivity contribution < 1.29 is 14.5 Å². The van der Waals surface area contributed by atoms with Gasteiger partial charge in [0, 0.05) is 23.2 Å². The Hall–Kier alpha value is -1.53. The SMILES string of the molecule is CCNC(=O)C[NH+](CC)CC(=O)N1CC[C@@H](C)Sc2ccccc21. The Morgan fingerprint density at radius 1 is 1.29 bits per heavy atom. The topological polar surface area (TPSA) is 53.9 Å². The number of para-hydroxylation sites is 1. The second kappa shape index (κ2) is 9.08. The van der Waals surface area contributed by atoms with E-state index in [1.165, 1.54) is 0 Å². The minimum atomic E-state index is 0.00240. The Morgan fingerprint density at radius 2 is 2.04 bits per heavy atom. The molecule has 6 heteroatoms. The van der Waals surface area contributed by atoms with Gasteiger partial charge in [-0.2, -0.15) is 0 Å². The number of quaternary nitrogens is 1. The highest BCUT2D eigenvalue weighted by Crippen LogP contribution is 2.37. The van der Waals surface area contributed by atoms with Crippen molar-refractivity contribution in [3.05, 3.63) is 24.3 Å². The van der Waals surface area contributed by atoms with E-state index in [-0.39, 0.29) is 11.8 Å². The Morgan fingerprint density at radius 3 is 2.75 bits per heavy atom. The average Bonchev–Trinajstić information content (AvgIpc) is 2.72. The third-order valence-electron chi connectivity index (χ3n) is 4.23. The molecule has 0 radical (unpaired) electrons. The van der Waals surface area contributed by atoms with Crippen LogP contribution in [0.2, 0.25) is 0 Å². The Labute approximate surface area is 148 Å². The highest BCUT2D eigenvalue weighted by Gasteiger charge is 2.27. The number of benzene rings is 1. The number of hydrogen-bond acceptors (Lipinski definition) is 3. The van der Waals surface area contributed by atoms with Gasteiger partial charge in [-0.15, -0.1) is 11.8 Å². The predicted molar refractivity (Wildman–Crippen MR) is 98.7 cm³/mol. The summed E-state index contributed by atoms with van der Waals surface area (Å²) in [5.74, 6) is 0.0980. The van der Waals surface area contributed by atoms with Crippen LogP contribution >= 0.6 is 11.8 Å². The molecule has 1 aromatic carbocycles. The number of fused-ring (bicyclic) bond motifs is 1. The molecular formula is C18H28N3O2S+. The fraction of sp³-hybridized carbons (Fsp3) is 0.556. The highest BCUT2D eigenvalue weighted by molar-refractivity contribution is 8.00. The molecule has 1 unspecified atom stereocenters. The van der Waals surface area contributed by atoms with Crippen molar-refractivity contribution in [2.24, 2.45) is 0 Å². The van der Waals surface area contributed by atoms with E-state index in [1.807, 2.05) is 48.7 Å². The summed E-state index contributed by atoms with van der Waals surface area (Å²) >= 11 is 1.83. The quantitative estimate of drug-likeness (QED) is 0.803. The Balaban J connectivity index is 2.09. The number of thioether (sulfide) groups is 1. The van der Waals surface area contributed by atoms with Gasteiger partial charge in [0.1, 0.15) is 0 Å². The van der Waals surface area contributed by atoms with Crippen LogP contribution in [-0.4, -0.2) is 49.8 Å². The van der Waals surface area contributed by atoms with Crippen LogP contribution in [-0.2, 0) is 9.59 Å². The maximum atomic E-state index is 12.9. The van der Waals surface area contributed by atoms with E-state index >= 15 is 0 Å². The molecule has 0 saturated carbocycles. The zero-order valence-electron chi connectivity index (χ0n) is 14.8. The van der Waals surface area contributed by atoms with Gasteiger partial charge in [0.2, 0.25) is 0 Å². The smallest absolute Gasteiger partial charge is 0.282 e. The molecular weight excluding hydrogens is 322 g/mol. The van der Waals surface area contributed by atoms with Crippen LogP contribution in [0.3, 0.4) is 0 Å². The van der Waals surface area contributed by atoms with E-state index in [0.29, 0.717) is 24.9 Å². The highest BCUT2D eigenvalue weighted by atomic mass is 32.2. The fourth-order valence-corrected chi connectivity index (χ4v) is 3.97. The third-order valence-corrected chi connectivity index (χ3v) is 5.47. The Bertz CT molecular complexity index is 579. The van der Waals surface area contributed by atoms with Gasteiger partial charge in [0.15, 0.2) is 13.1 Å². The largest absolute Gasteiger partial charge is 0.351 e. The second-order valence-electron chi connectivity index (χ2n) is 6.14. The zero-order chi connectivity index (χ0) is 17.5. The maximum Gasteiger partial charge on any atom is 0.282 e. The third kappa shape index (κ3) is 4.98. The lowest BCUT2D eigenvalue weighted by molar-refractivity contribution is -0.881. The lowest BCUT2D eigenvalue weighted by Crippen LogP contribution is -3.14. The molecule has 0 spiro atoms. The van der Waals surface area contributed by atoms with Crippen molar-refractivity contribution in [1.82, 2.24) is 5.32 Å². The summed E-state index contributed by atoms with van der Waals surface area (Å²) in [5, 5.41) is 3.30. The van der Waals surface area contributed by atoms with Gasteiger partial charge in [-0.3, -0.25) is 9.59 Å². The summed E-state index contributed by atoms with van der Waals surface area (Å²) in [7, 11) is 0. The molecule has 5 nitrogen and oxygen atoms in total. The molecule has 0 bridgehead atoms. The van der Waals surface area contributed by atoms with Crippen molar-refractivity contribution in [2.45, 2.75) is 37.3 Å². The summed E-state index contributed by atoms with van der Waals surface area (Å²) in [4.78, 5) is 28.8. The Kier molecular flexibility index (Phi) is 7.12. The first-order valence-electron chi connectivity index (χ1n) is 8.71. The zero-order valence-corrected chi connectivity index (χ0v) is 15.6. The minimum Gasteiger partial charge on any atom is -0.351 e. The molecule has 1 aliphatic heterocycles. The van der Waals surface area contributed by atoms with Crippen LogP contribution in [0.25, 0.3) is 0 Å². The molecule has 1 heterocycles. The van der Waals surface area contributed by atoms with Crippen molar-refractivity contribution >= 4 is 29.3 Å². The van der Waals surface area contributed by atoms with Gasteiger partial charge in [-0.25, -0.2) is 0 Å². The van der Waals surface area contributed by atoms with Crippen molar-refractivity contribution in [3.8, 4) is 0 Å².